The monoisotopic (exact) mass is 1090 g/mol. The van der Waals surface area contributed by atoms with E-state index in [-0.39, 0.29) is 73.8 Å². The van der Waals surface area contributed by atoms with Crippen LogP contribution in [0.5, 0.6) is 11.5 Å². The van der Waals surface area contributed by atoms with Crippen molar-refractivity contribution in [1.82, 2.24) is 25.6 Å². The number of carbonyl (C=O) groups is 6. The minimum Gasteiger partial charge on any atom is -0.748 e. The van der Waals surface area contributed by atoms with E-state index < -0.39 is 57.4 Å². The van der Waals surface area contributed by atoms with Gasteiger partial charge in [-0.25, -0.2) is 8.42 Å². The lowest BCUT2D eigenvalue weighted by molar-refractivity contribution is -0.940. The molecule has 2 saturated heterocycles. The summed E-state index contributed by atoms with van der Waals surface area (Å²) < 4.78 is 52.2. The molecule has 0 saturated carbocycles. The number of Topliss-reactive ketones (excluding diaryl/α,β-unsaturated/α-hetero) is 3. The summed E-state index contributed by atoms with van der Waals surface area (Å²) in [6.07, 6.45) is 4.21. The third-order valence-corrected chi connectivity index (χ3v) is 13.5. The van der Waals surface area contributed by atoms with E-state index in [1.165, 1.54) is 0 Å². The first-order chi connectivity index (χ1) is 36.4. The Morgan fingerprint density at radius 2 is 1.40 bits per heavy atom. The average Bonchev–Trinajstić information content (AvgIpc) is 4.03. The van der Waals surface area contributed by atoms with Crippen molar-refractivity contribution in [3.63, 3.8) is 0 Å². The molecule has 0 bridgehead atoms. The van der Waals surface area contributed by atoms with E-state index in [0.29, 0.717) is 87.3 Å². The number of nitrogens with one attached hydrogen (secondary N) is 2. The van der Waals surface area contributed by atoms with Gasteiger partial charge in [-0.15, -0.1) is 5.10 Å². The summed E-state index contributed by atoms with van der Waals surface area (Å²) in [6, 6.07) is 22.9. The van der Waals surface area contributed by atoms with Crippen LogP contribution < -0.4 is 20.1 Å². The Balaban J connectivity index is 0.00000209. The van der Waals surface area contributed by atoms with Gasteiger partial charge < -0.3 is 38.6 Å². The van der Waals surface area contributed by atoms with Gasteiger partial charge in [-0.05, 0) is 80.2 Å². The molecule has 0 radical (unpaired) electrons. The van der Waals surface area contributed by atoms with Crippen molar-refractivity contribution in [2.45, 2.75) is 124 Å². The fraction of sp³-hybridized carbons (Fsp3) is 0.544. The predicted octanol–water partition coefficient (Wildman–Crippen LogP) is 5.66. The summed E-state index contributed by atoms with van der Waals surface area (Å²) in [5.74, 6) is -2.61. The van der Waals surface area contributed by atoms with E-state index in [9.17, 15) is 28.8 Å². The van der Waals surface area contributed by atoms with E-state index in [0.717, 1.165) is 16.7 Å². The zero-order valence-electron chi connectivity index (χ0n) is 45.9. The highest BCUT2D eigenvalue weighted by Crippen LogP contribution is 2.33. The normalized spacial score (nSPS) is 17.4. The average molecular weight is 1090 g/mol. The van der Waals surface area contributed by atoms with E-state index in [1.807, 2.05) is 100 Å². The van der Waals surface area contributed by atoms with Gasteiger partial charge in [0.15, 0.2) is 28.8 Å². The van der Waals surface area contributed by atoms with E-state index in [1.54, 1.807) is 37.8 Å². The van der Waals surface area contributed by atoms with Crippen LogP contribution in [0.2, 0.25) is 0 Å². The number of nitrogens with zero attached hydrogens (tertiary/aromatic N) is 4. The number of epoxide rings is 1. The first-order valence-corrected chi connectivity index (χ1v) is 28.3. The Kier molecular flexibility index (Phi) is 23.2. The summed E-state index contributed by atoms with van der Waals surface area (Å²) >= 11 is 0. The molecule has 0 aliphatic carbocycles. The smallest absolute Gasteiger partial charge is 0.311 e. The van der Waals surface area contributed by atoms with Gasteiger partial charge in [-0.2, -0.15) is 0 Å². The third kappa shape index (κ3) is 21.3. The van der Waals surface area contributed by atoms with E-state index in [2.05, 4.69) is 20.9 Å². The molecule has 0 unspecified atom stereocenters. The van der Waals surface area contributed by atoms with Crippen LogP contribution in [0.25, 0.3) is 0 Å². The van der Waals surface area contributed by atoms with Crippen LogP contribution in [0.4, 0.5) is 0 Å². The van der Waals surface area contributed by atoms with Crippen LogP contribution in [0, 0.1) is 23.7 Å². The Morgan fingerprint density at radius 3 is 1.97 bits per heavy atom. The Hall–Kier alpha value is -6.19. The van der Waals surface area contributed by atoms with Crippen molar-refractivity contribution in [1.29, 1.82) is 0 Å². The van der Waals surface area contributed by atoms with Gasteiger partial charge in [0.05, 0.1) is 48.2 Å². The number of hydrogen-bond donors (Lipinski definition) is 2. The van der Waals surface area contributed by atoms with Crippen molar-refractivity contribution in [2.24, 2.45) is 30.7 Å². The number of quaternary nitrogens is 1. The fourth-order valence-electron chi connectivity index (χ4n) is 9.36. The number of esters is 1. The second kappa shape index (κ2) is 29.0. The molecular weight excluding hydrogens is 1010 g/mol. The SMILES string of the molecule is CCC(=O)Oc1ccc(C[N+]2(CC(=O)C[C@@H](CCc3ccccc3)C(=O)N[C@@H](CC(C)C)C(=O)C[C@@H](Cc3ccccc3)C(=O)N[C@@H](CC(C)C)C(=O)[C@@]3(C)CO3)CCOCC2)cc1OCc1cn(C)nn1.CS(=O)(=O)[O-]. The summed E-state index contributed by atoms with van der Waals surface area (Å²) in [6.45, 7) is 14.3. The molecule has 77 heavy (non-hydrogen) atoms. The van der Waals surface area contributed by atoms with Crippen LogP contribution >= 0.6 is 0 Å². The summed E-state index contributed by atoms with van der Waals surface area (Å²) in [7, 11) is -2.16. The van der Waals surface area contributed by atoms with Gasteiger partial charge in [0.25, 0.3) is 0 Å². The molecule has 0 spiro atoms. The highest BCUT2D eigenvalue weighted by Gasteiger charge is 2.50. The Bertz CT molecular complexity index is 2700. The maximum atomic E-state index is 14.7. The molecule has 2 amide bonds. The van der Waals surface area contributed by atoms with Crippen molar-refractivity contribution < 1.29 is 65.2 Å². The van der Waals surface area contributed by atoms with Crippen molar-refractivity contribution in [3.8, 4) is 11.5 Å². The minimum atomic E-state index is -3.92. The molecule has 19 nitrogen and oxygen atoms in total. The van der Waals surface area contributed by atoms with Crippen LogP contribution in [0.1, 0.15) is 102 Å². The molecule has 2 fully saturated rings. The molecule has 1 aromatic heterocycles. The molecule has 5 atom stereocenters. The molecule has 3 aromatic carbocycles. The molecular formula is C57H78N6O13S. The van der Waals surface area contributed by atoms with Crippen molar-refractivity contribution in [2.75, 3.05) is 45.7 Å². The summed E-state index contributed by atoms with van der Waals surface area (Å²) in [5.41, 5.74) is 2.39. The van der Waals surface area contributed by atoms with Crippen LogP contribution in [0.3, 0.4) is 0 Å². The lowest BCUT2D eigenvalue weighted by Gasteiger charge is -2.41. The molecule has 2 N–H and O–H groups in total. The van der Waals surface area contributed by atoms with E-state index >= 15 is 0 Å². The van der Waals surface area contributed by atoms with Crippen LogP contribution in [-0.4, -0.2) is 131 Å². The predicted molar refractivity (Wildman–Crippen MR) is 286 cm³/mol. The Morgan fingerprint density at radius 1 is 0.818 bits per heavy atom. The number of amides is 2. The van der Waals surface area contributed by atoms with Gasteiger partial charge in [-0.3, -0.25) is 33.4 Å². The molecule has 6 rings (SSSR count). The van der Waals surface area contributed by atoms with Crippen molar-refractivity contribution >= 4 is 45.3 Å². The number of aromatic nitrogens is 3. The second-order valence-corrected chi connectivity index (χ2v) is 22.9. The number of ketones is 3. The van der Waals surface area contributed by atoms with Gasteiger partial charge in [0, 0.05) is 50.0 Å². The van der Waals surface area contributed by atoms with Gasteiger partial charge >= 0.3 is 5.97 Å². The van der Waals surface area contributed by atoms with Gasteiger partial charge in [0.1, 0.15) is 44.1 Å². The van der Waals surface area contributed by atoms with Crippen LogP contribution in [-0.2, 0) is 81.4 Å². The van der Waals surface area contributed by atoms with Crippen LogP contribution in [0.15, 0.2) is 85.1 Å². The molecule has 420 valence electrons. The molecule has 2 aliphatic heterocycles. The maximum Gasteiger partial charge on any atom is 0.311 e. The molecule has 4 aromatic rings. The molecule has 3 heterocycles. The quantitative estimate of drug-likeness (QED) is 0.0219. The number of carbonyl (C=O) groups excluding carboxylic acids is 6. The minimum absolute atomic E-state index is 0.00810. The number of aryl methyl sites for hydroxylation is 2. The number of rotatable bonds is 29. The Labute approximate surface area is 453 Å². The molecule has 20 heteroatoms. The number of ether oxygens (including phenoxy) is 4. The topological polar surface area (TPSA) is 255 Å². The van der Waals surface area contributed by atoms with Gasteiger partial charge in [0.2, 0.25) is 11.8 Å². The number of benzene rings is 3. The highest BCUT2D eigenvalue weighted by molar-refractivity contribution is 7.84. The first-order valence-electron chi connectivity index (χ1n) is 26.5. The summed E-state index contributed by atoms with van der Waals surface area (Å²) in [5, 5.41) is 14.2. The van der Waals surface area contributed by atoms with Gasteiger partial charge in [-0.1, -0.05) is 100 Å². The van der Waals surface area contributed by atoms with E-state index in [4.69, 9.17) is 31.9 Å². The largest absolute Gasteiger partial charge is 0.748 e. The third-order valence-electron chi connectivity index (χ3n) is 13.5. The maximum absolute atomic E-state index is 14.7. The number of morpholine rings is 1. The zero-order valence-corrected chi connectivity index (χ0v) is 46.7. The second-order valence-electron chi connectivity index (χ2n) is 21.5. The lowest BCUT2D eigenvalue weighted by Crippen LogP contribution is -2.57. The zero-order chi connectivity index (χ0) is 56.3. The molecule has 2 aliphatic rings. The summed E-state index contributed by atoms with van der Waals surface area (Å²) in [4.78, 5) is 84.1. The highest BCUT2D eigenvalue weighted by atomic mass is 32.2. The lowest BCUT2D eigenvalue weighted by atomic mass is 9.87. The van der Waals surface area contributed by atoms with Crippen molar-refractivity contribution in [3.05, 3.63) is 107 Å². The number of hydrogen-bond acceptors (Lipinski definition) is 15. The fourth-order valence-corrected chi connectivity index (χ4v) is 9.36. The standard InChI is InChI=1S/C56H74N6O10.CH4O3S/c1-8-52(65)72-50-22-20-42(30-51(50)70-36-45-33-61(7)60-59-45)34-62(23-25-69-26-24-62)35-46(63)31-43(21-19-40-15-11-9-12-16-40)54(67)57-47(27-38(2)3)49(64)32-44(29-41-17-13-10-14-18-41)55(68)58-48(28-39(4)5)53(66)56(6)37-71-56;1-5(2,3)4/h9-18,20,22,30,33,38-39,43-44,47-48H,8,19,21,23-29,31-32,34-37H2,1-7H3,(H-,57,58,67,68);1H3,(H,2,3,4)/t43-,44-,47+,48+,56-;/m1./s1. The first kappa shape index (κ1) is 61.7.